The van der Waals surface area contributed by atoms with Crippen LogP contribution in [0.1, 0.15) is 39.5 Å². The molecule has 0 radical (unpaired) electrons. The van der Waals surface area contributed by atoms with E-state index in [1.165, 1.54) is 25.7 Å². The molecule has 2 aliphatic rings. The molecule has 0 amide bonds. The van der Waals surface area contributed by atoms with E-state index in [-0.39, 0.29) is 0 Å². The summed E-state index contributed by atoms with van der Waals surface area (Å²) in [5, 5.41) is 7.44. The van der Waals surface area contributed by atoms with Crippen molar-refractivity contribution in [1.82, 2.24) is 10.6 Å². The normalized spacial score (nSPS) is 20.8. The maximum atomic E-state index is 5.24. The lowest BCUT2D eigenvalue weighted by Gasteiger charge is -2.19. The van der Waals surface area contributed by atoms with Gasteiger partial charge in [-0.2, -0.15) is 0 Å². The number of hydrogen-bond donors (Lipinski definition) is 2. The van der Waals surface area contributed by atoms with Gasteiger partial charge in [0.2, 0.25) is 0 Å². The molecule has 0 aromatic heterocycles. The Bertz CT molecular complexity index is 220. The average molecular weight is 226 g/mol. The molecule has 0 aliphatic heterocycles. The molecule has 2 N–H and O–H groups in total. The first-order valence-electron chi connectivity index (χ1n) is 6.21. The third kappa shape index (κ3) is 3.63. The van der Waals surface area contributed by atoms with Crippen molar-refractivity contribution in [2.24, 2.45) is 17.8 Å². The van der Waals surface area contributed by atoms with Crippen molar-refractivity contribution in [3.05, 3.63) is 0 Å². The summed E-state index contributed by atoms with van der Waals surface area (Å²) in [6.45, 7) is 5.33. The summed E-state index contributed by atoms with van der Waals surface area (Å²) in [6, 6.07) is 0.435. The fourth-order valence-electron chi connectivity index (χ4n) is 2.29. The third-order valence-electron chi connectivity index (χ3n) is 3.37. The topological polar surface area (TPSA) is 24.1 Å². The van der Waals surface area contributed by atoms with Gasteiger partial charge in [0.05, 0.1) is 0 Å². The van der Waals surface area contributed by atoms with Gasteiger partial charge in [0.15, 0.2) is 5.11 Å². The molecule has 0 unspecified atom stereocenters. The van der Waals surface area contributed by atoms with Gasteiger partial charge in [0.1, 0.15) is 0 Å². The van der Waals surface area contributed by atoms with Gasteiger partial charge in [-0.3, -0.25) is 0 Å². The van der Waals surface area contributed by atoms with Gasteiger partial charge in [-0.25, -0.2) is 0 Å². The zero-order chi connectivity index (χ0) is 10.8. The maximum Gasteiger partial charge on any atom is 0.166 e. The first-order chi connectivity index (χ1) is 7.16. The van der Waals surface area contributed by atoms with Crippen LogP contribution in [0.3, 0.4) is 0 Å². The molecule has 2 rings (SSSR count). The molecule has 0 aromatic rings. The van der Waals surface area contributed by atoms with E-state index in [0.29, 0.717) is 6.04 Å². The smallest absolute Gasteiger partial charge is 0.166 e. The van der Waals surface area contributed by atoms with E-state index in [2.05, 4.69) is 24.5 Å². The Hall–Kier alpha value is -0.310. The minimum atomic E-state index is 0.435. The van der Waals surface area contributed by atoms with Crippen molar-refractivity contribution in [1.29, 1.82) is 0 Å². The van der Waals surface area contributed by atoms with Crippen molar-refractivity contribution >= 4 is 17.3 Å². The monoisotopic (exact) mass is 226 g/mol. The molecule has 86 valence electrons. The molecule has 0 saturated heterocycles. The highest BCUT2D eigenvalue weighted by Gasteiger charge is 2.41. The van der Waals surface area contributed by atoms with Crippen LogP contribution in [0.15, 0.2) is 0 Å². The molecular weight excluding hydrogens is 204 g/mol. The van der Waals surface area contributed by atoms with Crippen LogP contribution in [0.4, 0.5) is 0 Å². The molecule has 3 heteroatoms. The van der Waals surface area contributed by atoms with E-state index in [4.69, 9.17) is 12.2 Å². The van der Waals surface area contributed by atoms with Crippen molar-refractivity contribution in [3.63, 3.8) is 0 Å². The Kier molecular flexibility index (Phi) is 3.49. The SMILES string of the molecule is CC(C)NC(=S)NCC(C1CC1)C1CC1. The lowest BCUT2D eigenvalue weighted by atomic mass is 9.98. The predicted molar refractivity (Wildman–Crippen MR) is 67.8 cm³/mol. The highest BCUT2D eigenvalue weighted by molar-refractivity contribution is 7.80. The Morgan fingerprint density at radius 2 is 1.73 bits per heavy atom. The van der Waals surface area contributed by atoms with Crippen LogP contribution in [0.25, 0.3) is 0 Å². The average Bonchev–Trinajstić information content (AvgIpc) is 2.99. The second-order valence-electron chi connectivity index (χ2n) is 5.35. The van der Waals surface area contributed by atoms with Gasteiger partial charge in [-0.05, 0) is 69.5 Å². The molecule has 0 heterocycles. The number of rotatable bonds is 5. The van der Waals surface area contributed by atoms with Crippen LogP contribution in [-0.4, -0.2) is 17.7 Å². The number of thiocarbonyl (C=S) groups is 1. The van der Waals surface area contributed by atoms with Crippen molar-refractivity contribution in [3.8, 4) is 0 Å². The quantitative estimate of drug-likeness (QED) is 0.703. The molecule has 2 fully saturated rings. The molecule has 2 saturated carbocycles. The molecule has 0 atom stereocenters. The number of nitrogens with one attached hydrogen (secondary N) is 2. The Morgan fingerprint density at radius 1 is 1.20 bits per heavy atom. The lowest BCUT2D eigenvalue weighted by molar-refractivity contribution is 0.401. The maximum absolute atomic E-state index is 5.24. The van der Waals surface area contributed by atoms with Crippen molar-refractivity contribution in [2.75, 3.05) is 6.54 Å². The molecule has 15 heavy (non-hydrogen) atoms. The van der Waals surface area contributed by atoms with Gasteiger partial charge in [-0.15, -0.1) is 0 Å². The van der Waals surface area contributed by atoms with Gasteiger partial charge in [-0.1, -0.05) is 0 Å². The van der Waals surface area contributed by atoms with Crippen LogP contribution in [0.2, 0.25) is 0 Å². The minimum Gasteiger partial charge on any atom is -0.362 e. The molecule has 2 nitrogen and oxygen atoms in total. The zero-order valence-corrected chi connectivity index (χ0v) is 10.6. The summed E-state index contributed by atoms with van der Waals surface area (Å²) in [5.41, 5.74) is 0. The summed E-state index contributed by atoms with van der Waals surface area (Å²) >= 11 is 5.24. The van der Waals surface area contributed by atoms with E-state index >= 15 is 0 Å². The fraction of sp³-hybridized carbons (Fsp3) is 0.917. The first-order valence-corrected chi connectivity index (χ1v) is 6.62. The Morgan fingerprint density at radius 3 is 2.13 bits per heavy atom. The zero-order valence-electron chi connectivity index (χ0n) is 9.75. The van der Waals surface area contributed by atoms with Crippen LogP contribution >= 0.6 is 12.2 Å². The van der Waals surface area contributed by atoms with Gasteiger partial charge in [0.25, 0.3) is 0 Å². The summed E-state index contributed by atoms with van der Waals surface area (Å²) in [5.74, 6) is 2.91. The summed E-state index contributed by atoms with van der Waals surface area (Å²) in [6.07, 6.45) is 5.81. The summed E-state index contributed by atoms with van der Waals surface area (Å²) < 4.78 is 0. The predicted octanol–water partition coefficient (Wildman–Crippen LogP) is 2.30. The number of hydrogen-bond acceptors (Lipinski definition) is 1. The largest absolute Gasteiger partial charge is 0.362 e. The van der Waals surface area contributed by atoms with E-state index in [9.17, 15) is 0 Å². The second-order valence-corrected chi connectivity index (χ2v) is 5.76. The van der Waals surface area contributed by atoms with E-state index < -0.39 is 0 Å². The van der Waals surface area contributed by atoms with Gasteiger partial charge < -0.3 is 10.6 Å². The first kappa shape index (κ1) is 11.2. The Labute approximate surface area is 98.2 Å². The van der Waals surface area contributed by atoms with E-state index in [1.807, 2.05) is 0 Å². The lowest BCUT2D eigenvalue weighted by Crippen LogP contribution is -2.41. The molecule has 0 bridgehead atoms. The molecular formula is C12H22N2S. The van der Waals surface area contributed by atoms with E-state index in [1.54, 1.807) is 0 Å². The second kappa shape index (κ2) is 4.69. The van der Waals surface area contributed by atoms with Crippen molar-refractivity contribution in [2.45, 2.75) is 45.6 Å². The van der Waals surface area contributed by atoms with Gasteiger partial charge >= 0.3 is 0 Å². The summed E-state index contributed by atoms with van der Waals surface area (Å²) in [7, 11) is 0. The Balaban J connectivity index is 1.68. The van der Waals surface area contributed by atoms with Crippen LogP contribution in [-0.2, 0) is 0 Å². The molecule has 0 aromatic carbocycles. The molecule has 0 spiro atoms. The summed E-state index contributed by atoms with van der Waals surface area (Å²) in [4.78, 5) is 0. The minimum absolute atomic E-state index is 0.435. The standard InChI is InChI=1S/C12H22N2S/c1-8(2)14-12(15)13-7-11(9-3-4-9)10-5-6-10/h8-11H,3-7H2,1-2H3,(H2,13,14,15). The highest BCUT2D eigenvalue weighted by Crippen LogP contribution is 2.48. The van der Waals surface area contributed by atoms with Gasteiger partial charge in [0, 0.05) is 12.6 Å². The van der Waals surface area contributed by atoms with E-state index in [0.717, 1.165) is 29.4 Å². The third-order valence-corrected chi connectivity index (χ3v) is 3.64. The fourth-order valence-corrected chi connectivity index (χ4v) is 2.61. The van der Waals surface area contributed by atoms with Crippen LogP contribution < -0.4 is 10.6 Å². The van der Waals surface area contributed by atoms with Crippen molar-refractivity contribution < 1.29 is 0 Å². The highest BCUT2D eigenvalue weighted by atomic mass is 32.1. The molecule has 2 aliphatic carbocycles. The van der Waals surface area contributed by atoms with Crippen LogP contribution in [0.5, 0.6) is 0 Å². The van der Waals surface area contributed by atoms with Crippen LogP contribution in [0, 0.1) is 17.8 Å².